The van der Waals surface area contributed by atoms with Crippen molar-refractivity contribution in [2.75, 3.05) is 7.11 Å². The molecule has 0 aromatic heterocycles. The monoisotopic (exact) mass is 513 g/mol. The molecule has 0 aliphatic rings. The summed E-state index contributed by atoms with van der Waals surface area (Å²) in [5.41, 5.74) is 4.63. The van der Waals surface area contributed by atoms with Crippen molar-refractivity contribution in [2.45, 2.75) is 26.0 Å². The van der Waals surface area contributed by atoms with Crippen LogP contribution in [0.15, 0.2) is 71.8 Å². The van der Waals surface area contributed by atoms with Gasteiger partial charge < -0.3 is 14.8 Å². The topological polar surface area (TPSA) is 89.0 Å². The van der Waals surface area contributed by atoms with E-state index < -0.39 is 11.9 Å². The molecule has 0 spiro atoms. The molecule has 3 rings (SSSR count). The minimum atomic E-state index is -0.784. The maximum atomic E-state index is 12.4. The average Bonchev–Trinajstić information content (AvgIpc) is 2.84. The lowest BCUT2D eigenvalue weighted by atomic mass is 10.1. The van der Waals surface area contributed by atoms with Gasteiger partial charge >= 0.3 is 0 Å². The molecule has 35 heavy (non-hydrogen) atoms. The molecule has 0 saturated heterocycles. The molecule has 2 N–H and O–H groups in total. The molecule has 182 valence electrons. The van der Waals surface area contributed by atoms with Crippen LogP contribution in [0.4, 0.5) is 0 Å². The summed E-state index contributed by atoms with van der Waals surface area (Å²) in [5.74, 6) is 0.474. The van der Waals surface area contributed by atoms with E-state index in [9.17, 15) is 9.59 Å². The Balaban J connectivity index is 1.54. The first-order valence-corrected chi connectivity index (χ1v) is 11.5. The maximum absolute atomic E-state index is 12.4. The van der Waals surface area contributed by atoms with Crippen molar-refractivity contribution >= 4 is 41.2 Å². The number of nitrogens with one attached hydrogen (secondary N) is 2. The fourth-order valence-corrected chi connectivity index (χ4v) is 3.44. The lowest BCUT2D eigenvalue weighted by molar-refractivity contribution is -0.128. The first-order chi connectivity index (χ1) is 16.9. The van der Waals surface area contributed by atoms with Crippen LogP contribution in [-0.2, 0) is 22.6 Å². The summed E-state index contributed by atoms with van der Waals surface area (Å²) in [5, 5.41) is 7.74. The summed E-state index contributed by atoms with van der Waals surface area (Å²) in [7, 11) is 1.57. The highest BCUT2D eigenvalue weighted by Crippen LogP contribution is 2.24. The predicted molar refractivity (Wildman–Crippen MR) is 137 cm³/mol. The van der Waals surface area contributed by atoms with Crippen LogP contribution in [0.25, 0.3) is 0 Å². The summed E-state index contributed by atoms with van der Waals surface area (Å²) < 4.78 is 11.0. The van der Waals surface area contributed by atoms with E-state index in [2.05, 4.69) is 15.8 Å². The highest BCUT2D eigenvalue weighted by molar-refractivity contribution is 6.31. The third-order valence-electron chi connectivity index (χ3n) is 4.99. The first-order valence-electron chi connectivity index (χ1n) is 10.8. The molecule has 0 fully saturated rings. The van der Waals surface area contributed by atoms with Crippen LogP contribution in [0, 0.1) is 0 Å². The minimum Gasteiger partial charge on any atom is -0.497 e. The predicted octanol–water partition coefficient (Wildman–Crippen LogP) is 4.78. The first kappa shape index (κ1) is 26.1. The Morgan fingerprint density at radius 1 is 1.06 bits per heavy atom. The molecule has 2 amide bonds. The molecule has 0 bridgehead atoms. The Labute approximate surface area is 214 Å². The number of halogens is 2. The standard InChI is InChI=1S/C26H25Cl2N3O4/c1-17(30-25(32)13-18-7-10-22(34-2)11-8-18)26(33)31-29-15-20-14-21(27)9-12-24(20)35-16-19-5-3-4-6-23(19)28/h3-12,14-15,17H,13,16H2,1-2H3,(H,30,32)(H,31,33). The summed E-state index contributed by atoms with van der Waals surface area (Å²) in [6.07, 6.45) is 1.57. The SMILES string of the molecule is COc1ccc(CC(=O)NC(C)C(=O)NN=Cc2cc(Cl)ccc2OCc2ccccc2Cl)cc1. The largest absolute Gasteiger partial charge is 0.497 e. The average molecular weight is 514 g/mol. The molecule has 3 aromatic rings. The Kier molecular flexibility index (Phi) is 9.52. The van der Waals surface area contributed by atoms with Gasteiger partial charge in [-0.1, -0.05) is 53.5 Å². The van der Waals surface area contributed by atoms with Gasteiger partial charge in [0.25, 0.3) is 5.91 Å². The number of carbonyl (C=O) groups is 2. The number of amides is 2. The van der Waals surface area contributed by atoms with Crippen molar-refractivity contribution < 1.29 is 19.1 Å². The quantitative estimate of drug-likeness (QED) is 0.301. The third-order valence-corrected chi connectivity index (χ3v) is 5.59. The smallest absolute Gasteiger partial charge is 0.262 e. The number of ether oxygens (including phenoxy) is 2. The molecular formula is C26H25Cl2N3O4. The van der Waals surface area contributed by atoms with Gasteiger partial charge in [0, 0.05) is 21.2 Å². The van der Waals surface area contributed by atoms with E-state index in [1.165, 1.54) is 6.21 Å². The molecule has 0 heterocycles. The Morgan fingerprint density at radius 3 is 2.51 bits per heavy atom. The van der Waals surface area contributed by atoms with Crippen LogP contribution >= 0.6 is 23.2 Å². The zero-order valence-corrected chi connectivity index (χ0v) is 20.8. The molecule has 1 atom stereocenters. The molecule has 7 nitrogen and oxygen atoms in total. The van der Waals surface area contributed by atoms with Gasteiger partial charge in [-0.2, -0.15) is 5.10 Å². The van der Waals surface area contributed by atoms with Crippen LogP contribution in [0.2, 0.25) is 10.0 Å². The fraction of sp³-hybridized carbons (Fsp3) is 0.192. The second-order valence-electron chi connectivity index (χ2n) is 7.61. The van der Waals surface area contributed by atoms with Crippen molar-refractivity contribution in [3.8, 4) is 11.5 Å². The molecule has 0 radical (unpaired) electrons. The van der Waals surface area contributed by atoms with Crippen molar-refractivity contribution in [1.29, 1.82) is 0 Å². The fourth-order valence-electron chi connectivity index (χ4n) is 3.07. The molecule has 0 saturated carbocycles. The van der Waals surface area contributed by atoms with Crippen LogP contribution in [0.3, 0.4) is 0 Å². The minimum absolute atomic E-state index is 0.138. The highest BCUT2D eigenvalue weighted by Gasteiger charge is 2.15. The number of nitrogens with zero attached hydrogens (tertiary/aromatic N) is 1. The van der Waals surface area contributed by atoms with Crippen LogP contribution in [0.1, 0.15) is 23.6 Å². The Morgan fingerprint density at radius 2 is 1.80 bits per heavy atom. The van der Waals surface area contributed by atoms with E-state index in [0.717, 1.165) is 11.1 Å². The van der Waals surface area contributed by atoms with Crippen LogP contribution in [0.5, 0.6) is 11.5 Å². The van der Waals surface area contributed by atoms with E-state index in [4.69, 9.17) is 32.7 Å². The Hall–Kier alpha value is -3.55. The number of carbonyl (C=O) groups excluding carboxylic acids is 2. The zero-order valence-electron chi connectivity index (χ0n) is 19.3. The lowest BCUT2D eigenvalue weighted by Crippen LogP contribution is -2.43. The highest BCUT2D eigenvalue weighted by atomic mass is 35.5. The van der Waals surface area contributed by atoms with Gasteiger partial charge in [-0.3, -0.25) is 9.59 Å². The van der Waals surface area contributed by atoms with Gasteiger partial charge in [0.2, 0.25) is 5.91 Å². The van der Waals surface area contributed by atoms with Crippen molar-refractivity contribution in [3.63, 3.8) is 0 Å². The van der Waals surface area contributed by atoms with Crippen LogP contribution in [-0.4, -0.2) is 31.2 Å². The second-order valence-corrected chi connectivity index (χ2v) is 8.45. The number of benzene rings is 3. The molecule has 0 aliphatic heterocycles. The second kappa shape index (κ2) is 12.8. The molecule has 0 aliphatic carbocycles. The van der Waals surface area contributed by atoms with Gasteiger partial charge in [-0.15, -0.1) is 0 Å². The number of methoxy groups -OCH3 is 1. The number of rotatable bonds is 10. The summed E-state index contributed by atoms with van der Waals surface area (Å²) in [6, 6.07) is 18.8. The molecule has 1 unspecified atom stereocenters. The van der Waals surface area contributed by atoms with Gasteiger partial charge in [0.15, 0.2) is 0 Å². The summed E-state index contributed by atoms with van der Waals surface area (Å²) in [4.78, 5) is 24.6. The van der Waals surface area contributed by atoms with Crippen LogP contribution < -0.4 is 20.2 Å². The van der Waals surface area contributed by atoms with E-state index >= 15 is 0 Å². The zero-order chi connectivity index (χ0) is 25.2. The van der Waals surface area contributed by atoms with Gasteiger partial charge in [-0.05, 0) is 48.9 Å². The van der Waals surface area contributed by atoms with E-state index in [-0.39, 0.29) is 18.9 Å². The third kappa shape index (κ3) is 8.02. The van der Waals surface area contributed by atoms with E-state index in [0.29, 0.717) is 27.1 Å². The number of hydrogen-bond donors (Lipinski definition) is 2. The van der Waals surface area contributed by atoms with Crippen molar-refractivity contribution in [1.82, 2.24) is 10.7 Å². The molecular weight excluding hydrogens is 489 g/mol. The number of hydrazone groups is 1. The molecule has 3 aromatic carbocycles. The molecule has 9 heteroatoms. The van der Waals surface area contributed by atoms with Gasteiger partial charge in [-0.25, -0.2) is 5.43 Å². The van der Waals surface area contributed by atoms with Gasteiger partial charge in [0.1, 0.15) is 24.1 Å². The maximum Gasteiger partial charge on any atom is 0.262 e. The van der Waals surface area contributed by atoms with E-state index in [1.54, 1.807) is 62.6 Å². The normalized spacial score (nSPS) is 11.7. The van der Waals surface area contributed by atoms with E-state index in [1.807, 2.05) is 18.2 Å². The summed E-state index contributed by atoms with van der Waals surface area (Å²) >= 11 is 12.3. The van der Waals surface area contributed by atoms with Crippen molar-refractivity contribution in [3.05, 3.63) is 93.5 Å². The lowest BCUT2D eigenvalue weighted by Gasteiger charge is -2.13. The number of hydrogen-bond acceptors (Lipinski definition) is 5. The summed E-state index contributed by atoms with van der Waals surface area (Å²) in [6.45, 7) is 1.83. The van der Waals surface area contributed by atoms with Gasteiger partial charge in [0.05, 0.1) is 19.7 Å². The van der Waals surface area contributed by atoms with Crippen molar-refractivity contribution in [2.24, 2.45) is 5.10 Å². The Bertz CT molecular complexity index is 1200.